The number of nitrogens with one attached hydrogen (secondary N) is 2. The lowest BCUT2D eigenvalue weighted by Gasteiger charge is -2.12. The minimum atomic E-state index is -0.686. The number of aliphatic hydroxyl groups is 1. The zero-order valence-electron chi connectivity index (χ0n) is 13.1. The maximum atomic E-state index is 12.0. The topological polar surface area (TPSA) is 79.2 Å². The van der Waals surface area contributed by atoms with E-state index in [4.69, 9.17) is 0 Å². The van der Waals surface area contributed by atoms with Gasteiger partial charge in [-0.1, -0.05) is 19.9 Å². The number of rotatable bonds is 6. The van der Waals surface area contributed by atoms with E-state index in [1.54, 1.807) is 4.68 Å². The van der Waals surface area contributed by atoms with Crippen molar-refractivity contribution in [1.82, 2.24) is 15.1 Å². The highest BCUT2D eigenvalue weighted by molar-refractivity contribution is 7.10. The Balaban J connectivity index is 1.96. The van der Waals surface area contributed by atoms with Crippen molar-refractivity contribution in [3.63, 3.8) is 0 Å². The van der Waals surface area contributed by atoms with Gasteiger partial charge in [-0.2, -0.15) is 5.10 Å². The molecule has 2 rings (SSSR count). The van der Waals surface area contributed by atoms with Crippen molar-refractivity contribution in [2.75, 3.05) is 11.9 Å². The molecule has 2 aromatic heterocycles. The first kappa shape index (κ1) is 16.5. The van der Waals surface area contributed by atoms with Gasteiger partial charge in [-0.3, -0.25) is 10.00 Å². The molecule has 0 fully saturated rings. The fourth-order valence-corrected chi connectivity index (χ4v) is 3.07. The maximum absolute atomic E-state index is 12.0. The van der Waals surface area contributed by atoms with Crippen molar-refractivity contribution in [3.05, 3.63) is 33.6 Å². The lowest BCUT2D eigenvalue weighted by atomic mass is 10.1. The number of urea groups is 1. The summed E-state index contributed by atoms with van der Waals surface area (Å²) in [5.74, 6) is 0.711. The predicted molar refractivity (Wildman–Crippen MR) is 88.3 cm³/mol. The number of anilines is 1. The van der Waals surface area contributed by atoms with E-state index in [1.807, 2.05) is 38.4 Å². The quantitative estimate of drug-likeness (QED) is 0.764. The zero-order valence-corrected chi connectivity index (χ0v) is 13.9. The summed E-state index contributed by atoms with van der Waals surface area (Å²) in [6.45, 7) is 4.26. The summed E-state index contributed by atoms with van der Waals surface area (Å²) in [6.07, 6.45) is 0.955. The molecule has 2 heterocycles. The maximum Gasteiger partial charge on any atom is 0.320 e. The van der Waals surface area contributed by atoms with Crippen LogP contribution in [0, 0.1) is 0 Å². The van der Waals surface area contributed by atoms with Gasteiger partial charge in [0, 0.05) is 17.5 Å². The second-order valence-electron chi connectivity index (χ2n) is 4.97. The van der Waals surface area contributed by atoms with Crippen LogP contribution in [0.3, 0.4) is 0 Å². The Kier molecular flexibility index (Phi) is 5.57. The molecule has 0 aliphatic carbocycles. The number of nitrogens with zero attached hydrogens (tertiary/aromatic N) is 2. The van der Waals surface area contributed by atoms with Gasteiger partial charge in [-0.05, 0) is 24.3 Å². The van der Waals surface area contributed by atoms with Crippen LogP contribution in [0.4, 0.5) is 10.6 Å². The summed E-state index contributed by atoms with van der Waals surface area (Å²) in [5, 5.41) is 21.8. The van der Waals surface area contributed by atoms with E-state index in [-0.39, 0.29) is 12.6 Å². The summed E-state index contributed by atoms with van der Waals surface area (Å²) in [4.78, 5) is 12.9. The van der Waals surface area contributed by atoms with Gasteiger partial charge in [0.1, 0.15) is 11.9 Å². The average molecular weight is 322 g/mol. The smallest absolute Gasteiger partial charge is 0.320 e. The van der Waals surface area contributed by atoms with Gasteiger partial charge in [0.05, 0.1) is 12.2 Å². The molecule has 2 amide bonds. The molecule has 0 spiro atoms. The van der Waals surface area contributed by atoms with Gasteiger partial charge in [-0.15, -0.1) is 11.3 Å². The molecule has 1 atom stereocenters. The number of hydrogen-bond acceptors (Lipinski definition) is 4. The van der Waals surface area contributed by atoms with Crippen LogP contribution in [0.5, 0.6) is 0 Å². The highest BCUT2D eigenvalue weighted by Gasteiger charge is 2.16. The Hall–Kier alpha value is -1.86. The third kappa shape index (κ3) is 3.66. The molecular formula is C15H22N4O2S. The molecule has 0 saturated carbocycles. The molecule has 0 saturated heterocycles. The van der Waals surface area contributed by atoms with Crippen LogP contribution < -0.4 is 10.6 Å². The molecule has 0 aromatic carbocycles. The van der Waals surface area contributed by atoms with E-state index in [0.29, 0.717) is 5.82 Å². The van der Waals surface area contributed by atoms with Gasteiger partial charge in [0.25, 0.3) is 0 Å². The molecule has 0 aliphatic rings. The van der Waals surface area contributed by atoms with Crippen molar-refractivity contribution < 1.29 is 9.90 Å². The lowest BCUT2D eigenvalue weighted by Crippen LogP contribution is -2.33. The van der Waals surface area contributed by atoms with Crippen molar-refractivity contribution in [2.24, 2.45) is 7.05 Å². The summed E-state index contributed by atoms with van der Waals surface area (Å²) in [5.41, 5.74) is 2.05. The summed E-state index contributed by atoms with van der Waals surface area (Å²) < 4.78 is 1.69. The SMILES string of the molecule is CCc1nn(C)c(NC(=O)NC[C@H](O)c2cccs2)c1CC. The summed E-state index contributed by atoms with van der Waals surface area (Å²) >= 11 is 1.47. The van der Waals surface area contributed by atoms with Gasteiger partial charge in [0.2, 0.25) is 0 Å². The van der Waals surface area contributed by atoms with Crippen LogP contribution in [0.15, 0.2) is 17.5 Å². The van der Waals surface area contributed by atoms with Gasteiger partial charge >= 0.3 is 6.03 Å². The largest absolute Gasteiger partial charge is 0.386 e. The molecule has 22 heavy (non-hydrogen) atoms. The highest BCUT2D eigenvalue weighted by atomic mass is 32.1. The van der Waals surface area contributed by atoms with E-state index in [9.17, 15) is 9.90 Å². The van der Waals surface area contributed by atoms with Crippen molar-refractivity contribution in [1.29, 1.82) is 0 Å². The molecule has 2 aromatic rings. The van der Waals surface area contributed by atoms with Crippen LogP contribution in [0.2, 0.25) is 0 Å². The number of aromatic nitrogens is 2. The molecule has 0 unspecified atom stereocenters. The van der Waals surface area contributed by atoms with Gasteiger partial charge in [-0.25, -0.2) is 4.79 Å². The normalized spacial score (nSPS) is 12.2. The summed E-state index contributed by atoms with van der Waals surface area (Å²) in [6, 6.07) is 3.38. The van der Waals surface area contributed by atoms with Gasteiger partial charge < -0.3 is 10.4 Å². The first-order valence-corrected chi connectivity index (χ1v) is 8.25. The monoisotopic (exact) mass is 322 g/mol. The van der Waals surface area contributed by atoms with Crippen LogP contribution in [0.25, 0.3) is 0 Å². The number of aryl methyl sites for hydroxylation is 2. The fraction of sp³-hybridized carbons (Fsp3) is 0.467. The number of carbonyl (C=O) groups is 1. The number of aliphatic hydroxyl groups excluding tert-OH is 1. The first-order chi connectivity index (χ1) is 10.6. The Morgan fingerprint density at radius 1 is 1.45 bits per heavy atom. The Bertz CT molecular complexity index is 622. The zero-order chi connectivity index (χ0) is 16.1. The third-order valence-corrected chi connectivity index (χ3v) is 4.45. The molecular weight excluding hydrogens is 300 g/mol. The predicted octanol–water partition coefficient (Wildman–Crippen LogP) is 2.46. The van der Waals surface area contributed by atoms with Gasteiger partial charge in [0.15, 0.2) is 0 Å². The standard InChI is InChI=1S/C15H22N4O2S/c1-4-10-11(5-2)18-19(3)14(10)17-15(21)16-9-12(20)13-7-6-8-22-13/h6-8,12,20H,4-5,9H2,1-3H3,(H2,16,17,21)/t12-/m0/s1. The van der Waals surface area contributed by atoms with Crippen LogP contribution in [-0.4, -0.2) is 27.5 Å². The number of carbonyl (C=O) groups excluding carboxylic acids is 1. The van der Waals surface area contributed by atoms with Crippen molar-refractivity contribution >= 4 is 23.2 Å². The van der Waals surface area contributed by atoms with Crippen LogP contribution >= 0.6 is 11.3 Å². The minimum Gasteiger partial charge on any atom is -0.386 e. The molecule has 0 bridgehead atoms. The Labute approximate surface area is 134 Å². The summed E-state index contributed by atoms with van der Waals surface area (Å²) in [7, 11) is 1.81. The Morgan fingerprint density at radius 3 is 2.82 bits per heavy atom. The van der Waals surface area contributed by atoms with Crippen LogP contribution in [0.1, 0.15) is 36.1 Å². The third-order valence-electron chi connectivity index (χ3n) is 3.48. The molecule has 0 aliphatic heterocycles. The highest BCUT2D eigenvalue weighted by Crippen LogP contribution is 2.21. The van der Waals surface area contributed by atoms with E-state index in [2.05, 4.69) is 15.7 Å². The van der Waals surface area contributed by atoms with E-state index in [1.165, 1.54) is 11.3 Å². The molecule has 3 N–H and O–H groups in total. The molecule has 120 valence electrons. The number of thiophene rings is 1. The number of amides is 2. The van der Waals surface area contributed by atoms with Crippen molar-refractivity contribution in [2.45, 2.75) is 32.8 Å². The second kappa shape index (κ2) is 7.42. The van der Waals surface area contributed by atoms with E-state index >= 15 is 0 Å². The number of hydrogen-bond donors (Lipinski definition) is 3. The lowest BCUT2D eigenvalue weighted by molar-refractivity contribution is 0.178. The Morgan fingerprint density at radius 2 is 2.23 bits per heavy atom. The first-order valence-electron chi connectivity index (χ1n) is 7.37. The van der Waals surface area contributed by atoms with Crippen molar-refractivity contribution in [3.8, 4) is 0 Å². The molecule has 7 heteroatoms. The molecule has 0 radical (unpaired) electrons. The average Bonchev–Trinajstić information content (AvgIpc) is 3.13. The van der Waals surface area contributed by atoms with Crippen LogP contribution in [-0.2, 0) is 19.9 Å². The second-order valence-corrected chi connectivity index (χ2v) is 5.95. The minimum absolute atomic E-state index is 0.173. The fourth-order valence-electron chi connectivity index (χ4n) is 2.36. The molecule has 6 nitrogen and oxygen atoms in total. The van der Waals surface area contributed by atoms with E-state index in [0.717, 1.165) is 29.0 Å². The van der Waals surface area contributed by atoms with E-state index < -0.39 is 6.10 Å².